The summed E-state index contributed by atoms with van der Waals surface area (Å²) in [5.41, 5.74) is 22.9. The first kappa shape index (κ1) is 63.7. The molecule has 0 spiro atoms. The fraction of sp³-hybridized carbons (Fsp3) is 0.0200. The van der Waals surface area contributed by atoms with E-state index in [-0.39, 0.29) is 0 Å². The lowest BCUT2D eigenvalue weighted by atomic mass is 9.98. The lowest BCUT2D eigenvalue weighted by molar-refractivity contribution is 0.961. The molecule has 0 atom stereocenters. The molecule has 21 aromatic rings. The number of para-hydroxylation sites is 8. The molecule has 0 bridgehead atoms. The van der Waals surface area contributed by atoms with E-state index in [1.165, 1.54) is 0 Å². The molecule has 0 fully saturated rings. The summed E-state index contributed by atoms with van der Waals surface area (Å²) in [5.74, 6) is 3.20. The maximum Gasteiger partial charge on any atom is 0.165 e. The number of aryl methyl sites for hydroxylation is 2. The smallest absolute Gasteiger partial charge is 0.165 e. The van der Waals surface area contributed by atoms with Gasteiger partial charge >= 0.3 is 0 Å². The third-order valence-electron chi connectivity index (χ3n) is 21.7. The highest BCUT2D eigenvalue weighted by Gasteiger charge is 2.34. The Hall–Kier alpha value is -14.7. The minimum absolute atomic E-state index is 0.554. The summed E-state index contributed by atoms with van der Waals surface area (Å²) in [6.07, 6.45) is 0. The van der Waals surface area contributed by atoms with E-state index in [1.807, 2.05) is 36.4 Å². The van der Waals surface area contributed by atoms with Gasteiger partial charge in [-0.3, -0.25) is 9.13 Å². The van der Waals surface area contributed by atoms with Crippen LogP contribution in [0.3, 0.4) is 0 Å². The molecule has 6 aromatic heterocycles. The first-order valence-corrected chi connectivity index (χ1v) is 37.4. The summed E-state index contributed by atoms with van der Waals surface area (Å²) >= 11 is 0. The quantitative estimate of drug-likeness (QED) is 0.108. The Morgan fingerprint density at radius 3 is 0.800 bits per heavy atom. The molecule has 6 heterocycles. The van der Waals surface area contributed by atoms with Crippen molar-refractivity contribution in [2.45, 2.75) is 13.8 Å². The van der Waals surface area contributed by atoms with Gasteiger partial charge in [0.15, 0.2) is 29.1 Å². The first-order chi connectivity index (χ1) is 54.4. The number of rotatable bonds is 14. The molecule has 0 saturated heterocycles. The van der Waals surface area contributed by atoms with Crippen LogP contribution in [0, 0.1) is 13.8 Å². The largest absolute Gasteiger partial charge is 0.310 e. The predicted molar refractivity (Wildman–Crippen MR) is 456 cm³/mol. The molecule has 0 saturated carbocycles. The molecule has 0 aliphatic rings. The number of benzene rings is 15. The number of pyridine rings is 1. The number of anilines is 6. The minimum atomic E-state index is 0.554. The Balaban J connectivity index is 0.961. The molecule has 0 amide bonds. The topological polar surface area (TPSA) is 77.8 Å². The Bertz CT molecular complexity index is 6560. The number of aromatic nitrogens is 8. The summed E-state index contributed by atoms with van der Waals surface area (Å²) in [7, 11) is 0. The Labute approximate surface area is 634 Å². The monoisotopic (exact) mass is 1410 g/mol. The summed E-state index contributed by atoms with van der Waals surface area (Å²) in [4.78, 5) is 27.2. The molecule has 0 radical (unpaired) electrons. The van der Waals surface area contributed by atoms with E-state index in [2.05, 4.69) is 382 Å². The van der Waals surface area contributed by atoms with Gasteiger partial charge in [-0.05, 0) is 153 Å². The fourth-order valence-electron chi connectivity index (χ4n) is 16.8. The molecule has 0 N–H and O–H groups in total. The van der Waals surface area contributed by atoms with E-state index in [0.717, 1.165) is 183 Å². The van der Waals surface area contributed by atoms with Crippen LogP contribution in [-0.4, -0.2) is 38.2 Å². The first-order valence-electron chi connectivity index (χ1n) is 37.4. The van der Waals surface area contributed by atoms with Crippen LogP contribution in [-0.2, 0) is 0 Å². The number of hydrogen-bond acceptors (Lipinski definition) is 6. The van der Waals surface area contributed by atoms with E-state index >= 15 is 0 Å². The van der Waals surface area contributed by atoms with E-state index in [9.17, 15) is 0 Å². The Morgan fingerprint density at radius 2 is 0.464 bits per heavy atom. The average Bonchev–Trinajstić information content (AvgIpc) is 1.50. The van der Waals surface area contributed by atoms with Gasteiger partial charge in [-0.25, -0.2) is 19.9 Å². The van der Waals surface area contributed by atoms with Gasteiger partial charge in [0.25, 0.3) is 0 Å². The Kier molecular flexibility index (Phi) is 15.1. The normalized spacial score (nSPS) is 11.7. The van der Waals surface area contributed by atoms with Gasteiger partial charge in [0.05, 0.1) is 44.1 Å². The van der Waals surface area contributed by atoms with Crippen molar-refractivity contribution < 1.29 is 0 Å². The van der Waals surface area contributed by atoms with Crippen molar-refractivity contribution in [3.8, 4) is 68.3 Å². The molecule has 0 aliphatic heterocycles. The molecule has 0 aliphatic carbocycles. The summed E-state index contributed by atoms with van der Waals surface area (Å²) in [6.45, 7) is 4.41. The molecule has 0 unspecified atom stereocenters. The lowest BCUT2D eigenvalue weighted by Gasteiger charge is -2.27. The van der Waals surface area contributed by atoms with Crippen LogP contribution < -0.4 is 9.80 Å². The van der Waals surface area contributed by atoms with Gasteiger partial charge in [-0.15, -0.1) is 0 Å². The van der Waals surface area contributed by atoms with Crippen molar-refractivity contribution in [2.24, 2.45) is 0 Å². The molecule has 21 rings (SSSR count). The van der Waals surface area contributed by atoms with Crippen LogP contribution in [0.1, 0.15) is 11.1 Å². The van der Waals surface area contributed by atoms with Crippen molar-refractivity contribution in [2.75, 3.05) is 9.80 Å². The minimum Gasteiger partial charge on any atom is -0.310 e. The third-order valence-corrected chi connectivity index (χ3v) is 21.7. The highest BCUT2D eigenvalue weighted by atomic mass is 15.2. The second-order valence-electron chi connectivity index (χ2n) is 28.3. The number of fused-ring (bicyclic) bond motifs is 12. The SMILES string of the molecule is Cc1ccc2c(c1)c1cc(N(c3ccccc3)c3ccccc3)ccc1n2-c1c(-n2c3ccccc3c3ccccc32)nc(-n2c3ccccc3c3ccccc32)c(-n2c3ccc(C)cc3c3cc(N(c4ccccc4)c4ccccc4)ccc32)c1-c1ccc(-c2nc(-c3ccccc3)nc(-c3ccccc3)n2)cc1. The second-order valence-corrected chi connectivity index (χ2v) is 28.3. The average molecular weight is 1410 g/mol. The van der Waals surface area contributed by atoms with Crippen molar-refractivity contribution in [1.82, 2.24) is 38.2 Å². The zero-order chi connectivity index (χ0) is 72.9. The van der Waals surface area contributed by atoms with Crippen molar-refractivity contribution in [3.63, 3.8) is 0 Å². The fourth-order valence-corrected chi connectivity index (χ4v) is 16.8. The molecule has 518 valence electrons. The molecular formula is C100H68N10. The third kappa shape index (κ3) is 10.5. The van der Waals surface area contributed by atoms with E-state index < -0.39 is 0 Å². The lowest BCUT2D eigenvalue weighted by Crippen LogP contribution is -2.16. The van der Waals surface area contributed by atoms with Crippen molar-refractivity contribution in [1.29, 1.82) is 0 Å². The highest BCUT2D eigenvalue weighted by molar-refractivity contribution is 6.17. The molecule has 110 heavy (non-hydrogen) atoms. The highest BCUT2D eigenvalue weighted by Crippen LogP contribution is 2.51. The predicted octanol–water partition coefficient (Wildman–Crippen LogP) is 25.9. The molecule has 10 heteroatoms. The molecule has 15 aromatic carbocycles. The summed E-state index contributed by atoms with van der Waals surface area (Å²) in [5, 5.41) is 8.83. The van der Waals surface area contributed by atoms with Gasteiger partial charge in [0.2, 0.25) is 0 Å². The van der Waals surface area contributed by atoms with E-state index in [0.29, 0.717) is 17.5 Å². The van der Waals surface area contributed by atoms with Gasteiger partial charge in [-0.1, -0.05) is 254 Å². The van der Waals surface area contributed by atoms with Gasteiger partial charge in [0.1, 0.15) is 11.4 Å². The zero-order valence-corrected chi connectivity index (χ0v) is 60.3. The van der Waals surface area contributed by atoms with Crippen LogP contribution in [0.25, 0.3) is 156 Å². The van der Waals surface area contributed by atoms with Gasteiger partial charge < -0.3 is 18.9 Å². The van der Waals surface area contributed by atoms with Crippen LogP contribution >= 0.6 is 0 Å². The summed E-state index contributed by atoms with van der Waals surface area (Å²) in [6, 6.07) is 135. The van der Waals surface area contributed by atoms with E-state index in [1.54, 1.807) is 0 Å². The van der Waals surface area contributed by atoms with Gasteiger partial charge in [0, 0.05) is 99.5 Å². The molecular weight excluding hydrogens is 1340 g/mol. The summed E-state index contributed by atoms with van der Waals surface area (Å²) < 4.78 is 9.96. The maximum atomic E-state index is 6.65. The van der Waals surface area contributed by atoms with Crippen molar-refractivity contribution in [3.05, 3.63) is 387 Å². The number of nitrogens with zero attached hydrogens (tertiary/aromatic N) is 10. The Morgan fingerprint density at radius 1 is 0.200 bits per heavy atom. The second kappa shape index (κ2) is 26.1. The maximum absolute atomic E-state index is 6.65. The van der Waals surface area contributed by atoms with E-state index in [4.69, 9.17) is 19.9 Å². The van der Waals surface area contributed by atoms with Crippen LogP contribution in [0.5, 0.6) is 0 Å². The van der Waals surface area contributed by atoms with Crippen LogP contribution in [0.2, 0.25) is 0 Å². The molecule has 10 nitrogen and oxygen atoms in total. The van der Waals surface area contributed by atoms with Gasteiger partial charge in [-0.2, -0.15) is 0 Å². The van der Waals surface area contributed by atoms with Crippen LogP contribution in [0.15, 0.2) is 376 Å². The number of hydrogen-bond donors (Lipinski definition) is 0. The zero-order valence-electron chi connectivity index (χ0n) is 60.3. The van der Waals surface area contributed by atoms with Crippen LogP contribution in [0.4, 0.5) is 34.1 Å². The van der Waals surface area contributed by atoms with Crippen molar-refractivity contribution >= 4 is 121 Å². The standard InChI is InChI=1S/C100H68N10/c1-65-49-57-89-81(61-65)83-63-75(105(71-33-13-5-14-34-71)72-35-15-6-16-36-72)55-59-91(83)107(89)94-93(67-51-53-70(54-52-67)98-102-96(68-29-9-3-10-30-68)101-97(103-98)69-31-11-4-12-32-69)95(108-90-58-50-66(2)62-82(90)84-64-76(56-60-92(84)108)106(73-37-17-7-18-38-73)74-39-19-8-20-40-74)100(110-87-47-27-23-43-79(87)80-44-24-28-48-88(80)110)104-99(94)109-85-45-25-21-41-77(85)78-42-22-26-46-86(78)109/h3-64H,1-2H3.